The number of hydrogen-bond acceptors (Lipinski definition) is 5. The Bertz CT molecular complexity index is 796. The van der Waals surface area contributed by atoms with Gasteiger partial charge in [0.2, 0.25) is 5.91 Å². The highest BCUT2D eigenvalue weighted by molar-refractivity contribution is 5.80. The van der Waals surface area contributed by atoms with Crippen molar-refractivity contribution in [1.29, 1.82) is 0 Å². The third kappa shape index (κ3) is 3.26. The Morgan fingerprint density at radius 2 is 2.00 bits per heavy atom. The Kier molecular flexibility index (Phi) is 4.53. The van der Waals surface area contributed by atoms with Crippen LogP contribution in [0.1, 0.15) is 41.2 Å². The molecule has 0 unspecified atom stereocenters. The van der Waals surface area contributed by atoms with Crippen molar-refractivity contribution in [3.05, 3.63) is 46.6 Å². The summed E-state index contributed by atoms with van der Waals surface area (Å²) >= 11 is 0. The number of piperidine rings is 1. The third-order valence-electron chi connectivity index (χ3n) is 5.71. The standard InChI is InChI=1S/C20H26N4O2/c1-13-5-4-6-17(21-13)10-23-9-16-7-8-18(11-23)24(20(16)25)12-19-14(2)22-26-15(19)3/h4-6,16,18H,7-12H2,1-3H3/t16-,18+/m1/s1. The number of carbonyl (C=O) groups is 1. The van der Waals surface area contributed by atoms with E-state index >= 15 is 0 Å². The van der Waals surface area contributed by atoms with Gasteiger partial charge in [0.15, 0.2) is 0 Å². The van der Waals surface area contributed by atoms with Crippen LogP contribution in [0.3, 0.4) is 0 Å². The second-order valence-corrected chi connectivity index (χ2v) is 7.66. The van der Waals surface area contributed by atoms with Gasteiger partial charge in [-0.25, -0.2) is 0 Å². The number of rotatable bonds is 4. The summed E-state index contributed by atoms with van der Waals surface area (Å²) in [7, 11) is 0. The maximum atomic E-state index is 13.0. The first-order valence-electron chi connectivity index (χ1n) is 9.38. The number of aryl methyl sites for hydroxylation is 3. The summed E-state index contributed by atoms with van der Waals surface area (Å²) in [5.74, 6) is 1.18. The molecule has 3 fully saturated rings. The van der Waals surface area contributed by atoms with Gasteiger partial charge in [0, 0.05) is 36.9 Å². The topological polar surface area (TPSA) is 62.5 Å². The monoisotopic (exact) mass is 354 g/mol. The summed E-state index contributed by atoms with van der Waals surface area (Å²) in [6.07, 6.45) is 2.05. The normalized spacial score (nSPS) is 23.5. The van der Waals surface area contributed by atoms with Crippen LogP contribution in [0.2, 0.25) is 0 Å². The van der Waals surface area contributed by atoms with E-state index < -0.39 is 0 Å². The minimum absolute atomic E-state index is 0.0824. The highest BCUT2D eigenvalue weighted by atomic mass is 16.5. The van der Waals surface area contributed by atoms with E-state index in [0.29, 0.717) is 6.54 Å². The number of amides is 1. The molecule has 2 bridgehead atoms. The van der Waals surface area contributed by atoms with E-state index in [0.717, 1.165) is 60.9 Å². The van der Waals surface area contributed by atoms with E-state index in [9.17, 15) is 4.79 Å². The number of fused-ring (bicyclic) bond motifs is 4. The fraction of sp³-hybridized carbons (Fsp3) is 0.550. The Balaban J connectivity index is 1.53. The highest BCUT2D eigenvalue weighted by Crippen LogP contribution is 2.31. The molecule has 3 saturated heterocycles. The zero-order chi connectivity index (χ0) is 18.3. The van der Waals surface area contributed by atoms with E-state index in [-0.39, 0.29) is 17.9 Å². The molecule has 3 aliphatic heterocycles. The van der Waals surface area contributed by atoms with E-state index in [1.807, 2.05) is 26.8 Å². The van der Waals surface area contributed by atoms with Gasteiger partial charge < -0.3 is 9.42 Å². The van der Waals surface area contributed by atoms with Crippen LogP contribution in [0.4, 0.5) is 0 Å². The summed E-state index contributed by atoms with van der Waals surface area (Å²) in [4.78, 5) is 22.1. The molecule has 0 aromatic carbocycles. The average Bonchev–Trinajstić information content (AvgIpc) is 2.76. The van der Waals surface area contributed by atoms with E-state index in [4.69, 9.17) is 4.52 Å². The molecule has 6 heteroatoms. The number of nitrogens with zero attached hydrogens (tertiary/aromatic N) is 4. The second-order valence-electron chi connectivity index (χ2n) is 7.66. The number of aromatic nitrogens is 2. The molecule has 0 saturated carbocycles. The molecule has 3 aliphatic rings. The largest absolute Gasteiger partial charge is 0.361 e. The first-order valence-corrected chi connectivity index (χ1v) is 9.38. The van der Waals surface area contributed by atoms with Crippen molar-refractivity contribution >= 4 is 5.91 Å². The average molecular weight is 354 g/mol. The van der Waals surface area contributed by atoms with Gasteiger partial charge in [0.05, 0.1) is 23.9 Å². The quantitative estimate of drug-likeness (QED) is 0.845. The molecule has 2 aromatic rings. The molecule has 1 amide bonds. The summed E-state index contributed by atoms with van der Waals surface area (Å²) in [5, 5.41) is 4.04. The summed E-state index contributed by atoms with van der Waals surface area (Å²) in [5.41, 5.74) is 4.06. The van der Waals surface area contributed by atoms with Crippen molar-refractivity contribution in [3.63, 3.8) is 0 Å². The second kappa shape index (κ2) is 6.83. The van der Waals surface area contributed by atoms with Crippen LogP contribution in [0.15, 0.2) is 22.7 Å². The molecule has 0 aliphatic carbocycles. The Labute approximate surface area is 154 Å². The molecule has 0 radical (unpaired) electrons. The molecule has 138 valence electrons. The molecule has 2 atom stereocenters. The number of carbonyl (C=O) groups excluding carboxylic acids is 1. The van der Waals surface area contributed by atoms with Crippen LogP contribution in [-0.4, -0.2) is 45.0 Å². The molecule has 0 N–H and O–H groups in total. The summed E-state index contributed by atoms with van der Waals surface area (Å²) < 4.78 is 5.29. The predicted molar refractivity (Wildman–Crippen MR) is 97.3 cm³/mol. The van der Waals surface area contributed by atoms with Crippen molar-refractivity contribution in [2.45, 2.75) is 52.7 Å². The fourth-order valence-corrected chi connectivity index (χ4v) is 4.28. The maximum absolute atomic E-state index is 13.0. The SMILES string of the molecule is Cc1cccc(CN2C[C@H]3CC[C@@H](C2)N(Cc2c(C)noc2C)C3=O)n1. The van der Waals surface area contributed by atoms with Gasteiger partial charge in [-0.05, 0) is 45.7 Å². The zero-order valence-corrected chi connectivity index (χ0v) is 15.7. The van der Waals surface area contributed by atoms with Crippen LogP contribution in [0, 0.1) is 26.7 Å². The van der Waals surface area contributed by atoms with Crippen LogP contribution in [0.5, 0.6) is 0 Å². The number of hydrogen-bond donors (Lipinski definition) is 0. The zero-order valence-electron chi connectivity index (χ0n) is 15.7. The van der Waals surface area contributed by atoms with E-state index in [2.05, 4.69) is 32.1 Å². The summed E-state index contributed by atoms with van der Waals surface area (Å²) in [6.45, 7) is 9.03. The van der Waals surface area contributed by atoms with Crippen molar-refractivity contribution in [2.24, 2.45) is 5.92 Å². The van der Waals surface area contributed by atoms with Gasteiger partial charge in [-0.3, -0.25) is 14.7 Å². The molecule has 6 nitrogen and oxygen atoms in total. The summed E-state index contributed by atoms with van der Waals surface area (Å²) in [6, 6.07) is 6.40. The maximum Gasteiger partial charge on any atom is 0.227 e. The Morgan fingerprint density at radius 3 is 2.73 bits per heavy atom. The Morgan fingerprint density at radius 1 is 1.15 bits per heavy atom. The van der Waals surface area contributed by atoms with Crippen molar-refractivity contribution in [1.82, 2.24) is 19.9 Å². The van der Waals surface area contributed by atoms with Crippen molar-refractivity contribution in [3.8, 4) is 0 Å². The lowest BCUT2D eigenvalue weighted by Crippen LogP contribution is -2.47. The molecular weight excluding hydrogens is 328 g/mol. The van der Waals surface area contributed by atoms with Gasteiger partial charge >= 0.3 is 0 Å². The van der Waals surface area contributed by atoms with Gasteiger partial charge in [0.1, 0.15) is 5.76 Å². The van der Waals surface area contributed by atoms with Crippen LogP contribution >= 0.6 is 0 Å². The van der Waals surface area contributed by atoms with Gasteiger partial charge in [-0.2, -0.15) is 0 Å². The molecule has 5 heterocycles. The van der Waals surface area contributed by atoms with E-state index in [1.54, 1.807) is 0 Å². The molecular formula is C20H26N4O2. The predicted octanol–water partition coefficient (Wildman–Crippen LogP) is 2.62. The molecule has 5 rings (SSSR count). The Hall–Kier alpha value is -2.21. The number of pyridine rings is 1. The molecule has 0 spiro atoms. The third-order valence-corrected chi connectivity index (χ3v) is 5.71. The smallest absolute Gasteiger partial charge is 0.227 e. The van der Waals surface area contributed by atoms with Crippen molar-refractivity contribution < 1.29 is 9.32 Å². The lowest BCUT2D eigenvalue weighted by molar-refractivity contribution is -0.140. The lowest BCUT2D eigenvalue weighted by atomic mass is 9.93. The first-order chi connectivity index (χ1) is 12.5. The van der Waals surface area contributed by atoms with Crippen LogP contribution < -0.4 is 0 Å². The molecule has 26 heavy (non-hydrogen) atoms. The van der Waals surface area contributed by atoms with Gasteiger partial charge in [-0.1, -0.05) is 11.2 Å². The molecule has 2 aromatic heterocycles. The van der Waals surface area contributed by atoms with Crippen LogP contribution in [-0.2, 0) is 17.9 Å². The minimum atomic E-state index is 0.0824. The fourth-order valence-electron chi connectivity index (χ4n) is 4.28. The van der Waals surface area contributed by atoms with Crippen LogP contribution in [0.25, 0.3) is 0 Å². The van der Waals surface area contributed by atoms with Gasteiger partial charge in [0.25, 0.3) is 0 Å². The highest BCUT2D eigenvalue weighted by Gasteiger charge is 2.41. The lowest BCUT2D eigenvalue weighted by Gasteiger charge is -2.36. The van der Waals surface area contributed by atoms with E-state index in [1.165, 1.54) is 0 Å². The van der Waals surface area contributed by atoms with Gasteiger partial charge in [-0.15, -0.1) is 0 Å². The van der Waals surface area contributed by atoms with Crippen molar-refractivity contribution in [2.75, 3.05) is 13.1 Å². The minimum Gasteiger partial charge on any atom is -0.361 e. The first kappa shape index (κ1) is 17.2.